The number of aryl methyl sites for hydroxylation is 1. The molecule has 1 aliphatic heterocycles. The van der Waals surface area contributed by atoms with Crippen LogP contribution in [0.2, 0.25) is 0 Å². The molecular weight excluding hydrogens is 468 g/mol. The summed E-state index contributed by atoms with van der Waals surface area (Å²) < 4.78 is 0. The second-order valence-corrected chi connectivity index (χ2v) is 10.3. The van der Waals surface area contributed by atoms with E-state index in [-0.39, 0.29) is 0 Å². The van der Waals surface area contributed by atoms with Gasteiger partial charge in [0.25, 0.3) is 0 Å². The maximum Gasteiger partial charge on any atom is 0.0931 e. The van der Waals surface area contributed by atoms with Gasteiger partial charge in [-0.05, 0) is 81.2 Å². The van der Waals surface area contributed by atoms with Crippen molar-refractivity contribution in [2.24, 2.45) is 5.92 Å². The lowest BCUT2D eigenvalue weighted by Crippen LogP contribution is -2.40. The molecule has 204 valence electrons. The van der Waals surface area contributed by atoms with Gasteiger partial charge < -0.3 is 20.3 Å². The summed E-state index contributed by atoms with van der Waals surface area (Å²) >= 11 is 0. The van der Waals surface area contributed by atoms with E-state index in [1.165, 1.54) is 49.9 Å². The molecule has 38 heavy (non-hydrogen) atoms. The van der Waals surface area contributed by atoms with Crippen molar-refractivity contribution < 1.29 is 5.11 Å². The number of likely N-dealkylation sites (N-methyl/N-ethyl adjacent to an activating group) is 1. The van der Waals surface area contributed by atoms with Crippen LogP contribution in [0.25, 0.3) is 11.0 Å². The molecule has 6 rings (SSSR count). The minimum absolute atomic E-state index is 0.362. The maximum absolute atomic E-state index is 8.90. The van der Waals surface area contributed by atoms with Crippen LogP contribution < -0.4 is 5.32 Å². The van der Waals surface area contributed by atoms with Gasteiger partial charge in [0.2, 0.25) is 0 Å². The Kier molecular flexibility index (Phi) is 13.6. The van der Waals surface area contributed by atoms with E-state index in [4.69, 9.17) is 5.11 Å². The summed E-state index contributed by atoms with van der Waals surface area (Å²) in [7, 11) is 2.15. The summed E-state index contributed by atoms with van der Waals surface area (Å²) in [6, 6.07) is 29.0. The summed E-state index contributed by atoms with van der Waals surface area (Å²) in [6.07, 6.45) is 7.90. The summed E-state index contributed by atoms with van der Waals surface area (Å²) in [5, 5.41) is 12.2. The maximum atomic E-state index is 8.90. The van der Waals surface area contributed by atoms with Crippen LogP contribution in [-0.4, -0.2) is 59.8 Å². The zero-order chi connectivity index (χ0) is 26.8. The summed E-state index contributed by atoms with van der Waals surface area (Å²) in [4.78, 5) is 9.48. The number of hydrogen-bond donors (Lipinski definition) is 3. The van der Waals surface area contributed by atoms with Gasteiger partial charge in [0, 0.05) is 32.8 Å². The van der Waals surface area contributed by atoms with E-state index in [1.54, 1.807) is 6.33 Å². The topological polar surface area (TPSA) is 64.2 Å². The minimum atomic E-state index is 0.362. The van der Waals surface area contributed by atoms with Gasteiger partial charge in [-0.2, -0.15) is 0 Å². The second-order valence-electron chi connectivity index (χ2n) is 10.3. The molecule has 5 heteroatoms. The molecule has 2 fully saturated rings. The van der Waals surface area contributed by atoms with E-state index in [1.807, 2.05) is 42.5 Å². The van der Waals surface area contributed by atoms with E-state index < -0.39 is 0 Å². The van der Waals surface area contributed by atoms with Crippen molar-refractivity contribution in [3.05, 3.63) is 102 Å². The Bertz CT molecular complexity index is 1070. The van der Waals surface area contributed by atoms with Crippen molar-refractivity contribution in [2.45, 2.75) is 44.9 Å². The fourth-order valence-electron chi connectivity index (χ4n) is 4.90. The first kappa shape index (κ1) is 29.6. The lowest BCUT2D eigenvalue weighted by Gasteiger charge is -2.28. The van der Waals surface area contributed by atoms with Crippen molar-refractivity contribution >= 4 is 11.0 Å². The number of rotatable bonds is 3. The van der Waals surface area contributed by atoms with E-state index in [2.05, 4.69) is 76.6 Å². The van der Waals surface area contributed by atoms with E-state index in [0.29, 0.717) is 6.61 Å². The summed E-state index contributed by atoms with van der Waals surface area (Å²) in [6.45, 7) is 7.17. The third kappa shape index (κ3) is 11.2. The third-order valence-corrected chi connectivity index (χ3v) is 7.24. The highest BCUT2D eigenvalue weighted by molar-refractivity contribution is 5.74. The number of nitrogens with zero attached hydrogens (tertiary/aromatic N) is 2. The lowest BCUT2D eigenvalue weighted by atomic mass is 9.78. The Morgan fingerprint density at radius 1 is 0.842 bits per heavy atom. The smallest absolute Gasteiger partial charge is 0.0931 e. The molecule has 1 saturated heterocycles. The lowest BCUT2D eigenvalue weighted by molar-refractivity contribution is 0.222. The number of H-pyrrole nitrogens is 1. The molecule has 1 aromatic heterocycles. The largest absolute Gasteiger partial charge is 0.396 e. The number of hydrogen-bond acceptors (Lipinski definition) is 4. The average Bonchev–Trinajstić information content (AvgIpc) is 3.44. The van der Waals surface area contributed by atoms with Crippen LogP contribution in [0.3, 0.4) is 0 Å². The predicted molar refractivity (Wildman–Crippen MR) is 160 cm³/mol. The van der Waals surface area contributed by atoms with Gasteiger partial charge in [-0.25, -0.2) is 4.98 Å². The number of imidazole rings is 1. The van der Waals surface area contributed by atoms with E-state index in [0.717, 1.165) is 42.4 Å². The Hall–Kier alpha value is -2.99. The molecule has 0 amide bonds. The molecule has 3 N–H and O–H groups in total. The fraction of sp³-hybridized carbons (Fsp3) is 0.424. The van der Waals surface area contributed by atoms with Crippen molar-refractivity contribution in [2.75, 3.05) is 39.8 Å². The first-order chi connectivity index (χ1) is 18.7. The number of nitrogens with one attached hydrogen (secondary N) is 2. The number of fused-ring (bicyclic) bond motifs is 1. The number of aromatic nitrogens is 2. The highest BCUT2D eigenvalue weighted by Crippen LogP contribution is 2.36. The van der Waals surface area contributed by atoms with Crippen molar-refractivity contribution in [3.8, 4) is 0 Å². The fourth-order valence-corrected chi connectivity index (χ4v) is 4.90. The van der Waals surface area contributed by atoms with Gasteiger partial charge in [-0.3, -0.25) is 0 Å². The molecule has 0 atom stereocenters. The predicted octanol–water partition coefficient (Wildman–Crippen LogP) is 6.42. The number of aliphatic hydroxyl groups excluding tert-OH is 1. The van der Waals surface area contributed by atoms with Crippen LogP contribution in [0.4, 0.5) is 0 Å². The highest BCUT2D eigenvalue weighted by Gasteiger charge is 2.21. The van der Waals surface area contributed by atoms with Gasteiger partial charge in [0.1, 0.15) is 0 Å². The number of piperazine rings is 1. The average molecular weight is 515 g/mol. The molecule has 4 aromatic rings. The molecule has 2 heterocycles. The molecule has 0 unspecified atom stereocenters. The van der Waals surface area contributed by atoms with Crippen molar-refractivity contribution in [1.29, 1.82) is 0 Å². The van der Waals surface area contributed by atoms with Crippen molar-refractivity contribution in [1.82, 2.24) is 20.2 Å². The highest BCUT2D eigenvalue weighted by atomic mass is 16.3. The monoisotopic (exact) mass is 514 g/mol. The summed E-state index contributed by atoms with van der Waals surface area (Å²) in [5.74, 6) is 1.54. The SMILES string of the molecule is CN1CCNCC1.Cc1ccc2nc[nH]c2c1.OCCC1CCC(c2ccccc2)CC1.c1ccccc1. The van der Waals surface area contributed by atoms with Gasteiger partial charge in [-0.15, -0.1) is 0 Å². The molecule has 5 nitrogen and oxygen atoms in total. The van der Waals surface area contributed by atoms with Gasteiger partial charge in [-0.1, -0.05) is 72.8 Å². The molecule has 1 saturated carbocycles. The normalized spacial score (nSPS) is 19.1. The minimum Gasteiger partial charge on any atom is -0.396 e. The molecule has 0 bridgehead atoms. The van der Waals surface area contributed by atoms with E-state index in [9.17, 15) is 0 Å². The quantitative estimate of drug-likeness (QED) is 0.295. The Labute approximate surface area is 229 Å². The van der Waals surface area contributed by atoms with Crippen LogP contribution in [0, 0.1) is 12.8 Å². The number of benzene rings is 3. The zero-order valence-electron chi connectivity index (χ0n) is 23.2. The van der Waals surface area contributed by atoms with Crippen LogP contribution >= 0.6 is 0 Å². The van der Waals surface area contributed by atoms with Crippen LogP contribution in [0.5, 0.6) is 0 Å². The summed E-state index contributed by atoms with van der Waals surface area (Å²) in [5.41, 5.74) is 4.90. The molecule has 3 aromatic carbocycles. The first-order valence-electron chi connectivity index (χ1n) is 14.1. The molecule has 1 aliphatic carbocycles. The first-order valence-corrected chi connectivity index (χ1v) is 14.1. The Balaban J connectivity index is 0.000000150. The Morgan fingerprint density at radius 2 is 1.45 bits per heavy atom. The molecule has 0 spiro atoms. The van der Waals surface area contributed by atoms with E-state index >= 15 is 0 Å². The van der Waals surface area contributed by atoms with Gasteiger partial charge >= 0.3 is 0 Å². The zero-order valence-corrected chi connectivity index (χ0v) is 23.2. The van der Waals surface area contributed by atoms with Crippen LogP contribution in [0.15, 0.2) is 91.3 Å². The number of aromatic amines is 1. The Morgan fingerprint density at radius 3 is 2.00 bits per heavy atom. The van der Waals surface area contributed by atoms with Gasteiger partial charge in [0.15, 0.2) is 0 Å². The number of aliphatic hydroxyl groups is 1. The molecule has 0 radical (unpaired) electrons. The molecule has 2 aliphatic rings. The van der Waals surface area contributed by atoms with Crippen molar-refractivity contribution in [3.63, 3.8) is 0 Å². The third-order valence-electron chi connectivity index (χ3n) is 7.24. The molecular formula is C33H46N4O. The second kappa shape index (κ2) is 17.5. The van der Waals surface area contributed by atoms with Gasteiger partial charge in [0.05, 0.1) is 17.4 Å². The van der Waals surface area contributed by atoms with Crippen LogP contribution in [0.1, 0.15) is 49.1 Å². The standard InChI is InChI=1S/C14H20O.C8H8N2.C6H6.C5H12N2/c15-11-10-12-6-8-14(9-7-12)13-4-2-1-3-5-13;1-6-2-3-7-8(4-6)10-5-9-7;1-2-4-6-5-3-1;1-7-4-2-6-3-5-7/h1-5,12,14-15H,6-11H2;2-5H,1H3,(H,9,10);1-6H;6H,2-5H2,1H3. The van der Waals surface area contributed by atoms with Crippen LogP contribution in [-0.2, 0) is 0 Å².